The number of nitrogens with zero attached hydrogens (tertiary/aromatic N) is 5. The molecule has 0 radical (unpaired) electrons. The number of thioether (sulfide) groups is 1. The Hall–Kier alpha value is -2.61. The maximum absolute atomic E-state index is 12.2. The van der Waals surface area contributed by atoms with Crippen LogP contribution in [0.1, 0.15) is 11.3 Å². The first-order chi connectivity index (χ1) is 12.0. The lowest BCUT2D eigenvalue weighted by Crippen LogP contribution is -2.16. The Balaban J connectivity index is 1.67. The number of hydrogen-bond donors (Lipinski definition) is 1. The number of nitrogens with one attached hydrogen (secondary N) is 1. The van der Waals surface area contributed by atoms with Gasteiger partial charge in [0.15, 0.2) is 11.0 Å². The van der Waals surface area contributed by atoms with Crippen LogP contribution in [0.4, 0.5) is 5.82 Å². The standard InChI is InChI=1S/C17H20N6OS/c1-11-7-5-6-8-13(11)16-19-20-17(22(16)3)25-10-15(24)18-14-9-12(2)21-23(14)4/h5-9H,10H2,1-4H3,(H,18,24). The molecule has 25 heavy (non-hydrogen) atoms. The van der Waals surface area contributed by atoms with Crippen molar-refractivity contribution in [2.75, 3.05) is 11.1 Å². The summed E-state index contributed by atoms with van der Waals surface area (Å²) in [5, 5.41) is 16.3. The summed E-state index contributed by atoms with van der Waals surface area (Å²) in [6, 6.07) is 9.87. The van der Waals surface area contributed by atoms with Crippen molar-refractivity contribution in [3.63, 3.8) is 0 Å². The van der Waals surface area contributed by atoms with Gasteiger partial charge in [0.05, 0.1) is 11.4 Å². The summed E-state index contributed by atoms with van der Waals surface area (Å²) in [5.41, 5.74) is 3.04. The molecule has 0 bridgehead atoms. The van der Waals surface area contributed by atoms with Gasteiger partial charge in [0, 0.05) is 25.7 Å². The summed E-state index contributed by atoms with van der Waals surface area (Å²) in [6.45, 7) is 3.93. The van der Waals surface area contributed by atoms with Gasteiger partial charge >= 0.3 is 0 Å². The van der Waals surface area contributed by atoms with Crippen LogP contribution in [0.15, 0.2) is 35.5 Å². The van der Waals surface area contributed by atoms with Gasteiger partial charge in [-0.2, -0.15) is 5.10 Å². The zero-order valence-corrected chi connectivity index (χ0v) is 15.5. The Labute approximate surface area is 150 Å². The summed E-state index contributed by atoms with van der Waals surface area (Å²) in [4.78, 5) is 12.2. The molecule has 0 atom stereocenters. The van der Waals surface area contributed by atoms with Gasteiger partial charge in [0.1, 0.15) is 5.82 Å². The second-order valence-electron chi connectivity index (χ2n) is 5.81. The third-order valence-corrected chi connectivity index (χ3v) is 4.84. The fourth-order valence-corrected chi connectivity index (χ4v) is 3.25. The summed E-state index contributed by atoms with van der Waals surface area (Å²) < 4.78 is 3.56. The number of benzene rings is 1. The second kappa shape index (κ2) is 7.10. The lowest BCUT2D eigenvalue weighted by molar-refractivity contribution is -0.113. The molecule has 7 nitrogen and oxygen atoms in total. The quantitative estimate of drug-likeness (QED) is 0.711. The predicted octanol–water partition coefficient (Wildman–Crippen LogP) is 2.56. The SMILES string of the molecule is Cc1cc(NC(=O)CSc2nnc(-c3ccccc3C)n2C)n(C)n1. The van der Waals surface area contributed by atoms with Gasteiger partial charge in [-0.1, -0.05) is 36.0 Å². The minimum atomic E-state index is -0.103. The summed E-state index contributed by atoms with van der Waals surface area (Å²) in [6.07, 6.45) is 0. The Bertz CT molecular complexity index is 914. The fourth-order valence-electron chi connectivity index (χ4n) is 2.54. The van der Waals surface area contributed by atoms with Crippen LogP contribution in [0.25, 0.3) is 11.4 Å². The van der Waals surface area contributed by atoms with E-state index in [9.17, 15) is 4.79 Å². The Morgan fingerprint density at radius 2 is 1.96 bits per heavy atom. The van der Waals surface area contributed by atoms with Gasteiger partial charge < -0.3 is 9.88 Å². The first-order valence-electron chi connectivity index (χ1n) is 7.84. The number of carbonyl (C=O) groups is 1. The van der Waals surface area contributed by atoms with Crippen LogP contribution in [0, 0.1) is 13.8 Å². The molecular formula is C17H20N6OS. The molecular weight excluding hydrogens is 336 g/mol. The largest absolute Gasteiger partial charge is 0.310 e. The lowest BCUT2D eigenvalue weighted by Gasteiger charge is -2.07. The molecule has 0 aliphatic heterocycles. The van der Waals surface area contributed by atoms with E-state index in [1.807, 2.05) is 55.8 Å². The molecule has 1 aromatic carbocycles. The topological polar surface area (TPSA) is 77.6 Å². The third kappa shape index (κ3) is 3.74. The van der Waals surface area contributed by atoms with Crippen molar-refractivity contribution in [1.82, 2.24) is 24.5 Å². The normalized spacial score (nSPS) is 10.9. The smallest absolute Gasteiger partial charge is 0.235 e. The molecule has 0 aliphatic rings. The average molecular weight is 356 g/mol. The highest BCUT2D eigenvalue weighted by Gasteiger charge is 2.14. The second-order valence-corrected chi connectivity index (χ2v) is 6.75. The number of amides is 1. The molecule has 3 aromatic rings. The minimum Gasteiger partial charge on any atom is -0.310 e. The average Bonchev–Trinajstić information content (AvgIpc) is 3.08. The van der Waals surface area contributed by atoms with Crippen LogP contribution in [0.2, 0.25) is 0 Å². The Morgan fingerprint density at radius 1 is 1.20 bits per heavy atom. The zero-order chi connectivity index (χ0) is 18.0. The number of rotatable bonds is 5. The monoisotopic (exact) mass is 356 g/mol. The van der Waals surface area contributed by atoms with Crippen LogP contribution in [0.3, 0.4) is 0 Å². The van der Waals surface area contributed by atoms with Crippen molar-refractivity contribution >= 4 is 23.5 Å². The van der Waals surface area contributed by atoms with Crippen molar-refractivity contribution in [3.8, 4) is 11.4 Å². The molecule has 130 valence electrons. The maximum Gasteiger partial charge on any atom is 0.235 e. The molecule has 8 heteroatoms. The molecule has 1 amide bonds. The van der Waals surface area contributed by atoms with E-state index < -0.39 is 0 Å². The van der Waals surface area contributed by atoms with Crippen LogP contribution < -0.4 is 5.32 Å². The van der Waals surface area contributed by atoms with Gasteiger partial charge in [-0.3, -0.25) is 9.48 Å². The molecule has 0 saturated heterocycles. The number of anilines is 1. The lowest BCUT2D eigenvalue weighted by atomic mass is 10.1. The molecule has 1 N–H and O–H groups in total. The van der Waals surface area contributed by atoms with Crippen molar-refractivity contribution in [2.24, 2.45) is 14.1 Å². The van der Waals surface area contributed by atoms with Crippen molar-refractivity contribution in [3.05, 3.63) is 41.6 Å². The van der Waals surface area contributed by atoms with E-state index in [4.69, 9.17) is 0 Å². The number of carbonyl (C=O) groups excluding carboxylic acids is 1. The zero-order valence-electron chi connectivity index (χ0n) is 14.6. The van der Waals surface area contributed by atoms with Gasteiger partial charge in [-0.25, -0.2) is 0 Å². The molecule has 0 unspecified atom stereocenters. The van der Waals surface area contributed by atoms with E-state index in [0.29, 0.717) is 11.0 Å². The summed E-state index contributed by atoms with van der Waals surface area (Å²) in [7, 11) is 3.71. The van der Waals surface area contributed by atoms with E-state index in [0.717, 1.165) is 22.6 Å². The molecule has 2 aromatic heterocycles. The summed E-state index contributed by atoms with van der Waals surface area (Å²) >= 11 is 1.36. The first-order valence-corrected chi connectivity index (χ1v) is 8.83. The predicted molar refractivity (Wildman–Crippen MR) is 98.5 cm³/mol. The van der Waals surface area contributed by atoms with Gasteiger partial charge in [-0.15, -0.1) is 10.2 Å². The van der Waals surface area contributed by atoms with Crippen molar-refractivity contribution in [2.45, 2.75) is 19.0 Å². The van der Waals surface area contributed by atoms with Gasteiger partial charge in [0.25, 0.3) is 0 Å². The van der Waals surface area contributed by atoms with Crippen LogP contribution >= 0.6 is 11.8 Å². The Kier molecular flexibility index (Phi) is 4.89. The highest BCUT2D eigenvalue weighted by Crippen LogP contribution is 2.25. The van der Waals surface area contributed by atoms with E-state index >= 15 is 0 Å². The number of hydrogen-bond acceptors (Lipinski definition) is 5. The number of aryl methyl sites for hydroxylation is 3. The van der Waals surface area contributed by atoms with Gasteiger partial charge in [0.2, 0.25) is 5.91 Å². The van der Waals surface area contributed by atoms with Crippen LogP contribution in [-0.4, -0.2) is 36.2 Å². The molecule has 0 saturated carbocycles. The fraction of sp³-hybridized carbons (Fsp3) is 0.294. The molecule has 2 heterocycles. The highest BCUT2D eigenvalue weighted by atomic mass is 32.2. The van der Waals surface area contributed by atoms with Crippen molar-refractivity contribution in [1.29, 1.82) is 0 Å². The van der Waals surface area contributed by atoms with E-state index in [2.05, 4.69) is 20.6 Å². The number of aromatic nitrogens is 5. The van der Waals surface area contributed by atoms with Crippen LogP contribution in [0.5, 0.6) is 0 Å². The first kappa shape index (κ1) is 17.2. The van der Waals surface area contributed by atoms with E-state index in [-0.39, 0.29) is 11.7 Å². The maximum atomic E-state index is 12.2. The van der Waals surface area contributed by atoms with E-state index in [1.165, 1.54) is 11.8 Å². The van der Waals surface area contributed by atoms with Gasteiger partial charge in [-0.05, 0) is 19.4 Å². The molecule has 0 fully saturated rings. The summed E-state index contributed by atoms with van der Waals surface area (Å²) in [5.74, 6) is 1.63. The molecule has 0 spiro atoms. The third-order valence-electron chi connectivity index (χ3n) is 3.82. The molecule has 3 rings (SSSR count). The highest BCUT2D eigenvalue weighted by molar-refractivity contribution is 7.99. The van der Waals surface area contributed by atoms with E-state index in [1.54, 1.807) is 11.7 Å². The minimum absolute atomic E-state index is 0.103. The van der Waals surface area contributed by atoms with Crippen LogP contribution in [-0.2, 0) is 18.9 Å². The molecule has 0 aliphatic carbocycles. The Morgan fingerprint density at radius 3 is 2.64 bits per heavy atom. The van der Waals surface area contributed by atoms with Crippen molar-refractivity contribution < 1.29 is 4.79 Å².